The molecule has 1 heterocycles. The molecule has 0 saturated heterocycles. The molecular formula is C16H12Cl2N2O4S3. The van der Waals surface area contributed by atoms with E-state index in [2.05, 4.69) is 9.44 Å². The quantitative estimate of drug-likeness (QED) is 0.556. The first-order valence-corrected chi connectivity index (χ1v) is 11.9. The number of rotatable bonds is 6. The standard InChI is InChI=1S/C16H12Cl2N2O4S3/c17-11-8-12(18)10-14(9-11)20-26(21,22)15-5-3-13(4-6-15)19-27(23,24)16-2-1-7-25-16/h1-10,19-20H. The Labute approximate surface area is 170 Å². The maximum atomic E-state index is 12.5. The van der Waals surface area contributed by atoms with Gasteiger partial charge in [0.05, 0.1) is 10.6 Å². The molecule has 0 atom stereocenters. The number of nitrogens with one attached hydrogen (secondary N) is 2. The van der Waals surface area contributed by atoms with Crippen LogP contribution in [0.4, 0.5) is 11.4 Å². The molecule has 27 heavy (non-hydrogen) atoms. The zero-order chi connectivity index (χ0) is 19.7. The van der Waals surface area contributed by atoms with Crippen molar-refractivity contribution >= 4 is 66.0 Å². The molecule has 11 heteroatoms. The third-order valence-corrected chi connectivity index (χ3v) is 7.90. The average Bonchev–Trinajstić information content (AvgIpc) is 3.09. The van der Waals surface area contributed by atoms with Gasteiger partial charge in [-0.05, 0) is 53.9 Å². The van der Waals surface area contributed by atoms with E-state index in [1.165, 1.54) is 48.5 Å². The highest BCUT2D eigenvalue weighted by Gasteiger charge is 2.17. The molecule has 2 N–H and O–H groups in total. The third kappa shape index (κ3) is 4.94. The highest BCUT2D eigenvalue weighted by molar-refractivity contribution is 7.94. The van der Waals surface area contributed by atoms with Crippen molar-refractivity contribution in [3.63, 3.8) is 0 Å². The van der Waals surface area contributed by atoms with Crippen molar-refractivity contribution in [2.75, 3.05) is 9.44 Å². The minimum Gasteiger partial charge on any atom is -0.280 e. The number of benzene rings is 2. The second kappa shape index (κ2) is 7.69. The lowest BCUT2D eigenvalue weighted by atomic mass is 10.3. The topological polar surface area (TPSA) is 92.3 Å². The van der Waals surface area contributed by atoms with Crippen molar-refractivity contribution in [1.82, 2.24) is 0 Å². The van der Waals surface area contributed by atoms with Gasteiger partial charge in [0.15, 0.2) is 0 Å². The highest BCUT2D eigenvalue weighted by Crippen LogP contribution is 2.26. The van der Waals surface area contributed by atoms with E-state index in [0.717, 1.165) is 11.3 Å². The first kappa shape index (κ1) is 20.0. The van der Waals surface area contributed by atoms with Crippen molar-refractivity contribution in [1.29, 1.82) is 0 Å². The molecule has 3 aromatic rings. The molecule has 0 spiro atoms. The molecule has 0 fully saturated rings. The van der Waals surface area contributed by atoms with Crippen LogP contribution in [0.5, 0.6) is 0 Å². The first-order chi connectivity index (χ1) is 12.7. The van der Waals surface area contributed by atoms with E-state index in [0.29, 0.717) is 10.0 Å². The summed E-state index contributed by atoms with van der Waals surface area (Å²) in [6, 6.07) is 12.8. The normalized spacial score (nSPS) is 11.9. The molecule has 0 unspecified atom stereocenters. The van der Waals surface area contributed by atoms with Gasteiger partial charge in [-0.3, -0.25) is 9.44 Å². The maximum Gasteiger partial charge on any atom is 0.271 e. The van der Waals surface area contributed by atoms with E-state index in [4.69, 9.17) is 23.2 Å². The lowest BCUT2D eigenvalue weighted by molar-refractivity contribution is 0.600. The van der Waals surface area contributed by atoms with Crippen molar-refractivity contribution in [2.24, 2.45) is 0 Å². The molecule has 0 aliphatic rings. The zero-order valence-electron chi connectivity index (χ0n) is 13.4. The van der Waals surface area contributed by atoms with Crippen molar-refractivity contribution in [3.8, 4) is 0 Å². The Morgan fingerprint density at radius 3 is 1.89 bits per heavy atom. The van der Waals surface area contributed by atoms with Gasteiger partial charge in [-0.2, -0.15) is 0 Å². The summed E-state index contributed by atoms with van der Waals surface area (Å²) in [6.07, 6.45) is 0. The minimum atomic E-state index is -3.89. The monoisotopic (exact) mass is 462 g/mol. The second-order valence-electron chi connectivity index (χ2n) is 5.33. The van der Waals surface area contributed by atoms with Gasteiger partial charge in [-0.1, -0.05) is 29.3 Å². The van der Waals surface area contributed by atoms with E-state index < -0.39 is 20.0 Å². The van der Waals surface area contributed by atoms with E-state index in [1.54, 1.807) is 11.4 Å². The lowest BCUT2D eigenvalue weighted by Crippen LogP contribution is -2.14. The second-order valence-corrected chi connectivity index (χ2v) is 10.7. The predicted octanol–water partition coefficient (Wildman–Crippen LogP) is 4.66. The van der Waals surface area contributed by atoms with Gasteiger partial charge in [0.1, 0.15) is 4.21 Å². The van der Waals surface area contributed by atoms with Crippen LogP contribution in [0.15, 0.2) is 69.1 Å². The van der Waals surface area contributed by atoms with Gasteiger partial charge >= 0.3 is 0 Å². The van der Waals surface area contributed by atoms with Crippen LogP contribution < -0.4 is 9.44 Å². The summed E-state index contributed by atoms with van der Waals surface area (Å²) in [6.45, 7) is 0. The minimum absolute atomic E-state index is 0.0438. The zero-order valence-corrected chi connectivity index (χ0v) is 17.3. The highest BCUT2D eigenvalue weighted by atomic mass is 35.5. The molecular weight excluding hydrogens is 451 g/mol. The summed E-state index contributed by atoms with van der Waals surface area (Å²) < 4.78 is 54.3. The van der Waals surface area contributed by atoms with E-state index >= 15 is 0 Å². The smallest absolute Gasteiger partial charge is 0.271 e. The molecule has 1 aromatic heterocycles. The van der Waals surface area contributed by atoms with E-state index in [9.17, 15) is 16.8 Å². The van der Waals surface area contributed by atoms with Crippen LogP contribution in [0.25, 0.3) is 0 Å². The van der Waals surface area contributed by atoms with Gasteiger partial charge in [0.25, 0.3) is 20.0 Å². The summed E-state index contributed by atoms with van der Waals surface area (Å²) >= 11 is 12.8. The van der Waals surface area contributed by atoms with Crippen LogP contribution in [-0.4, -0.2) is 16.8 Å². The van der Waals surface area contributed by atoms with Gasteiger partial charge in [0, 0.05) is 15.7 Å². The number of sulfonamides is 2. The lowest BCUT2D eigenvalue weighted by Gasteiger charge is -2.10. The largest absolute Gasteiger partial charge is 0.280 e. The molecule has 0 radical (unpaired) electrons. The van der Waals surface area contributed by atoms with Crippen LogP contribution in [0.3, 0.4) is 0 Å². The van der Waals surface area contributed by atoms with Crippen LogP contribution >= 0.6 is 34.5 Å². The molecule has 0 bridgehead atoms. The van der Waals surface area contributed by atoms with Crippen LogP contribution in [0.1, 0.15) is 0 Å². The van der Waals surface area contributed by atoms with E-state index in [1.807, 2.05) is 0 Å². The fourth-order valence-corrected chi connectivity index (χ4v) is 5.77. The number of anilines is 2. The van der Waals surface area contributed by atoms with Crippen LogP contribution in [0, 0.1) is 0 Å². The number of hydrogen-bond acceptors (Lipinski definition) is 5. The van der Waals surface area contributed by atoms with Gasteiger partial charge in [-0.25, -0.2) is 16.8 Å². The number of hydrogen-bond donors (Lipinski definition) is 2. The Balaban J connectivity index is 1.80. The Bertz CT molecular complexity index is 1140. The number of halogens is 2. The fraction of sp³-hybridized carbons (Fsp3) is 0. The molecule has 2 aromatic carbocycles. The molecule has 3 rings (SSSR count). The van der Waals surface area contributed by atoms with Crippen LogP contribution in [-0.2, 0) is 20.0 Å². The average molecular weight is 463 g/mol. The van der Waals surface area contributed by atoms with Gasteiger partial charge < -0.3 is 0 Å². The Morgan fingerprint density at radius 1 is 0.741 bits per heavy atom. The van der Waals surface area contributed by atoms with Crippen LogP contribution in [0.2, 0.25) is 10.0 Å². The summed E-state index contributed by atoms with van der Waals surface area (Å²) in [7, 11) is -7.60. The summed E-state index contributed by atoms with van der Waals surface area (Å²) in [4.78, 5) is -0.0438. The molecule has 0 saturated carbocycles. The molecule has 0 aliphatic heterocycles. The molecule has 0 aliphatic carbocycles. The van der Waals surface area contributed by atoms with E-state index in [-0.39, 0.29) is 20.5 Å². The first-order valence-electron chi connectivity index (χ1n) is 7.31. The molecule has 0 amide bonds. The van der Waals surface area contributed by atoms with Gasteiger partial charge in [-0.15, -0.1) is 11.3 Å². The Kier molecular flexibility index (Phi) is 5.68. The third-order valence-electron chi connectivity index (χ3n) is 3.29. The number of thiophene rings is 1. The predicted molar refractivity (Wildman–Crippen MR) is 109 cm³/mol. The van der Waals surface area contributed by atoms with Crippen molar-refractivity contribution in [2.45, 2.75) is 9.10 Å². The van der Waals surface area contributed by atoms with Gasteiger partial charge in [0.2, 0.25) is 0 Å². The summed E-state index contributed by atoms with van der Waals surface area (Å²) in [5, 5.41) is 2.23. The summed E-state index contributed by atoms with van der Waals surface area (Å²) in [5.74, 6) is 0. The fourth-order valence-electron chi connectivity index (χ4n) is 2.15. The maximum absolute atomic E-state index is 12.5. The Hall–Kier alpha value is -1.78. The molecule has 142 valence electrons. The Morgan fingerprint density at radius 2 is 1.33 bits per heavy atom. The van der Waals surface area contributed by atoms with Crippen molar-refractivity contribution < 1.29 is 16.8 Å². The molecule has 6 nitrogen and oxygen atoms in total. The SMILES string of the molecule is O=S(=O)(Nc1cc(Cl)cc(Cl)c1)c1ccc(NS(=O)(=O)c2cccs2)cc1. The van der Waals surface area contributed by atoms with Crippen molar-refractivity contribution in [3.05, 3.63) is 70.0 Å². The summed E-state index contributed by atoms with van der Waals surface area (Å²) in [5.41, 5.74) is 0.461.